The minimum Gasteiger partial charge on any atom is -0.490 e. The van der Waals surface area contributed by atoms with Gasteiger partial charge in [0, 0.05) is 12.0 Å². The lowest BCUT2D eigenvalue weighted by Gasteiger charge is -2.35. The Morgan fingerprint density at radius 1 is 1.27 bits per heavy atom. The Kier molecular flexibility index (Phi) is 9.46. The number of nitrogens with zero attached hydrogens (tertiary/aromatic N) is 1. The Morgan fingerprint density at radius 3 is 2.61 bits per heavy atom. The van der Waals surface area contributed by atoms with Crippen molar-refractivity contribution in [3.05, 3.63) is 41.7 Å². The number of esters is 1. The summed E-state index contributed by atoms with van der Waals surface area (Å²) in [6, 6.07) is 6.43. The van der Waals surface area contributed by atoms with E-state index in [1.807, 2.05) is 12.1 Å². The molecular formula is C25H36N2O6. The van der Waals surface area contributed by atoms with Crippen LogP contribution >= 0.6 is 0 Å². The number of hydrogen-bond acceptors (Lipinski definition) is 6. The molecule has 2 N–H and O–H groups in total. The third-order valence-corrected chi connectivity index (χ3v) is 6.27. The van der Waals surface area contributed by atoms with Crippen LogP contribution in [0.15, 0.2) is 36.1 Å². The zero-order valence-corrected chi connectivity index (χ0v) is 20.2. The fourth-order valence-corrected chi connectivity index (χ4v) is 4.32. The number of benzene rings is 1. The van der Waals surface area contributed by atoms with Crippen LogP contribution < -0.4 is 10.1 Å². The second-order valence-corrected chi connectivity index (χ2v) is 9.03. The predicted octanol–water partition coefficient (Wildman–Crippen LogP) is 3.11. The van der Waals surface area contributed by atoms with Gasteiger partial charge in [-0.15, -0.1) is 0 Å². The average molecular weight is 461 g/mol. The van der Waals surface area contributed by atoms with Crippen LogP contribution in [0.5, 0.6) is 5.75 Å². The molecule has 1 unspecified atom stereocenters. The smallest absolute Gasteiger partial charge is 0.379 e. The number of amides is 1. The summed E-state index contributed by atoms with van der Waals surface area (Å²) in [5.41, 5.74) is 1.10. The lowest BCUT2D eigenvalue weighted by molar-refractivity contribution is -0.142. The second kappa shape index (κ2) is 11.8. The van der Waals surface area contributed by atoms with Crippen molar-refractivity contribution in [2.75, 3.05) is 27.2 Å². The molecule has 1 aromatic carbocycles. The third kappa shape index (κ3) is 7.05. The summed E-state index contributed by atoms with van der Waals surface area (Å²) in [5, 5.41) is 11.6. The first kappa shape index (κ1) is 26.4. The molecule has 0 radical (unpaired) electrons. The largest absolute Gasteiger partial charge is 0.490 e. The van der Waals surface area contributed by atoms with E-state index < -0.39 is 23.9 Å². The van der Waals surface area contributed by atoms with Crippen LogP contribution in [0, 0.1) is 5.92 Å². The van der Waals surface area contributed by atoms with E-state index in [0.29, 0.717) is 5.75 Å². The quantitative estimate of drug-likeness (QED) is 0.252. The maximum atomic E-state index is 12.7. The normalized spacial score (nSPS) is 20.6. The van der Waals surface area contributed by atoms with Gasteiger partial charge in [0.25, 0.3) is 0 Å². The number of hydrogen-bond donors (Lipinski definition) is 2. The van der Waals surface area contributed by atoms with Gasteiger partial charge in [0.1, 0.15) is 11.8 Å². The molecule has 2 rings (SSSR count). The van der Waals surface area contributed by atoms with Gasteiger partial charge in [0.15, 0.2) is 0 Å². The Morgan fingerprint density at radius 2 is 2.00 bits per heavy atom. The van der Waals surface area contributed by atoms with E-state index in [1.54, 1.807) is 19.9 Å². The standard InChI is InChI=1S/C25H36N2O6/c1-6-25(12-7-8-13-27(4)16-25)18-10-9-11-19(14-18)33-24(31)20(32-5)15-21(28)26-22(17(2)3)23(29)30/h9-11,14-15,17,22H,6-8,12-13,16H2,1-5H3,(H,26,28)(H,29,30)/b20-15-/t22-,25?/m0/s1. The molecule has 0 aromatic heterocycles. The maximum absolute atomic E-state index is 12.7. The van der Waals surface area contributed by atoms with Gasteiger partial charge in [-0.05, 0) is 56.5 Å². The first-order valence-electron chi connectivity index (χ1n) is 11.4. The van der Waals surface area contributed by atoms with Crippen LogP contribution in [0.25, 0.3) is 0 Å². The number of ether oxygens (including phenoxy) is 2. The first-order chi connectivity index (χ1) is 15.6. The van der Waals surface area contributed by atoms with Crippen molar-refractivity contribution < 1.29 is 29.0 Å². The highest BCUT2D eigenvalue weighted by molar-refractivity contribution is 5.99. The van der Waals surface area contributed by atoms with E-state index >= 15 is 0 Å². The molecule has 182 valence electrons. The highest BCUT2D eigenvalue weighted by Crippen LogP contribution is 2.37. The van der Waals surface area contributed by atoms with Crippen LogP contribution in [-0.2, 0) is 24.5 Å². The van der Waals surface area contributed by atoms with Crippen molar-refractivity contribution in [1.29, 1.82) is 0 Å². The Labute approximate surface area is 195 Å². The Hall–Kier alpha value is -2.87. The van der Waals surface area contributed by atoms with Crippen LogP contribution in [0.4, 0.5) is 0 Å². The molecule has 2 atom stereocenters. The molecule has 1 amide bonds. The van der Waals surface area contributed by atoms with Gasteiger partial charge in [-0.3, -0.25) is 4.79 Å². The monoisotopic (exact) mass is 460 g/mol. The fraction of sp³-hybridized carbons (Fsp3) is 0.560. The molecule has 1 fully saturated rings. The van der Waals surface area contributed by atoms with Crippen molar-refractivity contribution in [3.63, 3.8) is 0 Å². The zero-order chi connectivity index (χ0) is 24.6. The Bertz CT molecular complexity index is 881. The van der Waals surface area contributed by atoms with Crippen molar-refractivity contribution in [2.45, 2.75) is 57.9 Å². The summed E-state index contributed by atoms with van der Waals surface area (Å²) < 4.78 is 10.6. The SMILES string of the molecule is CCC1(c2cccc(OC(=O)/C(=C/C(=O)N[C@H](C(=O)O)C(C)C)OC)c2)CCCCN(C)C1. The number of rotatable bonds is 9. The number of carbonyl (C=O) groups is 3. The van der Waals surface area contributed by atoms with Gasteiger partial charge < -0.3 is 24.8 Å². The summed E-state index contributed by atoms with van der Waals surface area (Å²) >= 11 is 0. The molecule has 1 saturated heterocycles. The average Bonchev–Trinajstić information content (AvgIpc) is 2.97. The van der Waals surface area contributed by atoms with Crippen molar-refractivity contribution in [2.24, 2.45) is 5.92 Å². The number of aliphatic carboxylic acids is 1. The molecule has 8 heteroatoms. The topological polar surface area (TPSA) is 105 Å². The molecule has 0 saturated carbocycles. The number of likely N-dealkylation sites (tertiary alicyclic amines) is 1. The summed E-state index contributed by atoms with van der Waals surface area (Å²) in [6.07, 6.45) is 5.25. The van der Waals surface area contributed by atoms with Gasteiger partial charge in [-0.1, -0.05) is 39.3 Å². The number of carboxylic acids is 1. The molecule has 0 spiro atoms. The molecule has 1 heterocycles. The molecular weight excluding hydrogens is 424 g/mol. The van der Waals surface area contributed by atoms with Crippen LogP contribution in [0.1, 0.15) is 52.0 Å². The highest BCUT2D eigenvalue weighted by atomic mass is 16.6. The van der Waals surface area contributed by atoms with E-state index in [9.17, 15) is 19.5 Å². The first-order valence-corrected chi connectivity index (χ1v) is 11.4. The van der Waals surface area contributed by atoms with E-state index in [0.717, 1.165) is 50.4 Å². The van der Waals surface area contributed by atoms with Crippen molar-refractivity contribution in [3.8, 4) is 5.75 Å². The highest BCUT2D eigenvalue weighted by Gasteiger charge is 2.33. The van der Waals surface area contributed by atoms with Crippen molar-refractivity contribution in [1.82, 2.24) is 10.2 Å². The van der Waals surface area contributed by atoms with Gasteiger partial charge in [0.05, 0.1) is 13.2 Å². The lowest BCUT2D eigenvalue weighted by atomic mass is 9.74. The van der Waals surface area contributed by atoms with E-state index in [1.165, 1.54) is 7.11 Å². The molecule has 1 aliphatic heterocycles. The summed E-state index contributed by atoms with van der Waals surface area (Å²) in [6.45, 7) is 7.54. The molecule has 33 heavy (non-hydrogen) atoms. The van der Waals surface area contributed by atoms with Gasteiger partial charge in [-0.25, -0.2) is 9.59 Å². The minimum atomic E-state index is -1.15. The molecule has 8 nitrogen and oxygen atoms in total. The van der Waals surface area contributed by atoms with Gasteiger partial charge in [-0.2, -0.15) is 0 Å². The summed E-state index contributed by atoms with van der Waals surface area (Å²) in [4.78, 5) is 38.6. The number of carbonyl (C=O) groups excluding carboxylic acids is 2. The summed E-state index contributed by atoms with van der Waals surface area (Å²) in [5.74, 6) is -3.00. The van der Waals surface area contributed by atoms with Gasteiger partial charge in [0.2, 0.25) is 11.7 Å². The summed E-state index contributed by atoms with van der Waals surface area (Å²) in [7, 11) is 3.38. The van der Waals surface area contributed by atoms with Crippen LogP contribution in [-0.4, -0.2) is 61.1 Å². The number of carboxylic acid groups (broad SMARTS) is 1. The second-order valence-electron chi connectivity index (χ2n) is 9.03. The van der Waals surface area contributed by atoms with Crippen LogP contribution in [0.3, 0.4) is 0 Å². The lowest BCUT2D eigenvalue weighted by Crippen LogP contribution is -2.43. The van der Waals surface area contributed by atoms with Gasteiger partial charge >= 0.3 is 11.9 Å². The van der Waals surface area contributed by atoms with Crippen molar-refractivity contribution >= 4 is 17.8 Å². The van der Waals surface area contributed by atoms with Crippen LogP contribution in [0.2, 0.25) is 0 Å². The minimum absolute atomic E-state index is 0.0177. The Balaban J connectivity index is 2.19. The predicted molar refractivity (Wildman–Crippen MR) is 125 cm³/mol. The van der Waals surface area contributed by atoms with E-state index in [2.05, 4.69) is 30.3 Å². The third-order valence-electron chi connectivity index (χ3n) is 6.27. The molecule has 0 aliphatic carbocycles. The zero-order valence-electron chi connectivity index (χ0n) is 20.2. The maximum Gasteiger partial charge on any atom is 0.379 e. The number of likely N-dealkylation sites (N-methyl/N-ethyl adjacent to an activating group) is 1. The molecule has 1 aliphatic rings. The molecule has 0 bridgehead atoms. The number of nitrogens with one attached hydrogen (secondary N) is 1. The fourth-order valence-electron chi connectivity index (χ4n) is 4.32. The molecule has 1 aromatic rings. The van der Waals surface area contributed by atoms with E-state index in [4.69, 9.17) is 9.47 Å². The number of methoxy groups -OCH3 is 1. The van der Waals surface area contributed by atoms with E-state index in [-0.39, 0.29) is 17.1 Å².